The van der Waals surface area contributed by atoms with Crippen molar-refractivity contribution in [3.63, 3.8) is 0 Å². The SMILES string of the molecule is CCOc1cc(/C=C2/SC(=O)N(Cc3ccccc3Br)C2=O)cc(Br)c1OCc1ccc(Cl)c(Cl)c1. The Kier molecular flexibility index (Phi) is 9.06. The maximum absolute atomic E-state index is 13.0. The van der Waals surface area contributed by atoms with Gasteiger partial charge in [0.25, 0.3) is 11.1 Å². The van der Waals surface area contributed by atoms with Gasteiger partial charge in [-0.3, -0.25) is 14.5 Å². The summed E-state index contributed by atoms with van der Waals surface area (Å²) < 4.78 is 13.3. The summed E-state index contributed by atoms with van der Waals surface area (Å²) in [5.41, 5.74) is 2.39. The largest absolute Gasteiger partial charge is 0.490 e. The molecule has 4 rings (SSSR count). The van der Waals surface area contributed by atoms with Gasteiger partial charge in [0.05, 0.1) is 32.6 Å². The van der Waals surface area contributed by atoms with Crippen LogP contribution in [0.5, 0.6) is 11.5 Å². The van der Waals surface area contributed by atoms with Crippen LogP contribution in [0.3, 0.4) is 0 Å². The quantitative estimate of drug-likeness (QED) is 0.224. The van der Waals surface area contributed by atoms with Crippen LogP contribution in [-0.2, 0) is 17.9 Å². The molecule has 10 heteroatoms. The minimum Gasteiger partial charge on any atom is -0.490 e. The van der Waals surface area contributed by atoms with E-state index in [1.165, 1.54) is 4.90 Å². The number of rotatable bonds is 8. The summed E-state index contributed by atoms with van der Waals surface area (Å²) in [6, 6.07) is 16.4. The van der Waals surface area contributed by atoms with Crippen molar-refractivity contribution in [2.45, 2.75) is 20.1 Å². The molecule has 36 heavy (non-hydrogen) atoms. The van der Waals surface area contributed by atoms with Gasteiger partial charge in [-0.15, -0.1) is 0 Å². The predicted octanol–water partition coefficient (Wildman–Crippen LogP) is 8.73. The maximum atomic E-state index is 13.0. The summed E-state index contributed by atoms with van der Waals surface area (Å²) in [5.74, 6) is 0.683. The lowest BCUT2D eigenvalue weighted by atomic mass is 10.1. The zero-order chi connectivity index (χ0) is 25.8. The molecule has 0 saturated carbocycles. The Morgan fingerprint density at radius 2 is 1.75 bits per heavy atom. The van der Waals surface area contributed by atoms with E-state index in [-0.39, 0.29) is 24.3 Å². The molecule has 0 atom stereocenters. The number of carbonyl (C=O) groups excluding carboxylic acids is 2. The monoisotopic (exact) mass is 669 g/mol. The third-order valence-corrected chi connectivity index (χ3v) is 8.17. The van der Waals surface area contributed by atoms with Crippen LogP contribution in [0.15, 0.2) is 68.4 Å². The lowest BCUT2D eigenvalue weighted by molar-refractivity contribution is -0.123. The molecule has 1 saturated heterocycles. The standard InChI is InChI=1S/C26H19Br2Cl2NO4S/c1-2-34-22-11-16(9-19(28)24(22)35-14-15-7-8-20(29)21(30)10-15)12-23-25(32)31(26(33)36-23)13-17-5-3-4-6-18(17)27/h3-12H,2,13-14H2,1H3/b23-12+. The number of nitrogens with zero attached hydrogens (tertiary/aromatic N) is 1. The van der Waals surface area contributed by atoms with Crippen molar-refractivity contribution in [1.29, 1.82) is 0 Å². The molecule has 3 aromatic carbocycles. The van der Waals surface area contributed by atoms with Crippen LogP contribution in [0.25, 0.3) is 6.08 Å². The van der Waals surface area contributed by atoms with E-state index in [0.29, 0.717) is 43.1 Å². The first-order valence-corrected chi connectivity index (χ1v) is 13.9. The molecule has 3 aromatic rings. The number of halogens is 4. The highest BCUT2D eigenvalue weighted by Crippen LogP contribution is 2.40. The molecule has 0 bridgehead atoms. The summed E-state index contributed by atoms with van der Waals surface area (Å²) in [6.07, 6.45) is 1.68. The van der Waals surface area contributed by atoms with Crippen molar-refractivity contribution in [1.82, 2.24) is 4.90 Å². The van der Waals surface area contributed by atoms with Gasteiger partial charge >= 0.3 is 0 Å². The molecule has 0 unspecified atom stereocenters. The number of amides is 2. The summed E-state index contributed by atoms with van der Waals surface area (Å²) in [5, 5.41) is 0.611. The maximum Gasteiger partial charge on any atom is 0.293 e. The van der Waals surface area contributed by atoms with Crippen molar-refractivity contribution < 1.29 is 19.1 Å². The Morgan fingerprint density at radius 3 is 2.47 bits per heavy atom. The molecule has 5 nitrogen and oxygen atoms in total. The van der Waals surface area contributed by atoms with E-state index >= 15 is 0 Å². The van der Waals surface area contributed by atoms with E-state index < -0.39 is 0 Å². The fourth-order valence-electron chi connectivity index (χ4n) is 3.44. The van der Waals surface area contributed by atoms with Crippen molar-refractivity contribution in [3.05, 3.63) is 95.2 Å². The number of carbonyl (C=O) groups is 2. The van der Waals surface area contributed by atoms with Crippen LogP contribution in [0, 0.1) is 0 Å². The van der Waals surface area contributed by atoms with E-state index in [0.717, 1.165) is 27.4 Å². The van der Waals surface area contributed by atoms with Crippen LogP contribution >= 0.6 is 66.8 Å². The molecule has 0 aliphatic carbocycles. The van der Waals surface area contributed by atoms with E-state index in [2.05, 4.69) is 31.9 Å². The summed E-state index contributed by atoms with van der Waals surface area (Å²) in [7, 11) is 0. The highest BCUT2D eigenvalue weighted by atomic mass is 79.9. The molecule has 1 aliphatic heterocycles. The molecule has 0 radical (unpaired) electrons. The van der Waals surface area contributed by atoms with Crippen LogP contribution in [-0.4, -0.2) is 22.7 Å². The normalized spacial score (nSPS) is 14.6. The Bertz CT molecular complexity index is 1370. The van der Waals surface area contributed by atoms with E-state index in [1.54, 1.807) is 24.3 Å². The van der Waals surface area contributed by atoms with Gasteiger partial charge in [-0.2, -0.15) is 0 Å². The Balaban J connectivity index is 1.56. The van der Waals surface area contributed by atoms with Gasteiger partial charge in [-0.1, -0.05) is 63.4 Å². The Morgan fingerprint density at radius 1 is 0.972 bits per heavy atom. The number of hydrogen-bond donors (Lipinski definition) is 0. The van der Waals surface area contributed by atoms with Crippen molar-refractivity contribution in [2.75, 3.05) is 6.61 Å². The van der Waals surface area contributed by atoms with Gasteiger partial charge in [-0.05, 0) is 87.7 Å². The fourth-order valence-corrected chi connectivity index (χ4v) is 5.59. The summed E-state index contributed by atoms with van der Waals surface area (Å²) in [6.45, 7) is 2.74. The zero-order valence-corrected chi connectivity index (χ0v) is 24.4. The van der Waals surface area contributed by atoms with E-state index in [4.69, 9.17) is 32.7 Å². The first-order valence-electron chi connectivity index (χ1n) is 10.8. The van der Waals surface area contributed by atoms with Crippen LogP contribution in [0.4, 0.5) is 4.79 Å². The van der Waals surface area contributed by atoms with E-state index in [1.807, 2.05) is 43.3 Å². The van der Waals surface area contributed by atoms with Crippen LogP contribution in [0.1, 0.15) is 23.6 Å². The van der Waals surface area contributed by atoms with Gasteiger partial charge in [0.2, 0.25) is 0 Å². The second-order valence-electron chi connectivity index (χ2n) is 7.66. The lowest BCUT2D eigenvalue weighted by Crippen LogP contribution is -2.27. The van der Waals surface area contributed by atoms with Gasteiger partial charge in [0, 0.05) is 4.47 Å². The highest BCUT2D eigenvalue weighted by molar-refractivity contribution is 9.10. The molecule has 186 valence electrons. The van der Waals surface area contributed by atoms with Crippen molar-refractivity contribution in [3.8, 4) is 11.5 Å². The molecule has 2 amide bonds. The topological polar surface area (TPSA) is 55.8 Å². The van der Waals surface area contributed by atoms with Gasteiger partial charge < -0.3 is 9.47 Å². The second-order valence-corrected chi connectivity index (χ2v) is 11.2. The lowest BCUT2D eigenvalue weighted by Gasteiger charge is -2.15. The predicted molar refractivity (Wildman–Crippen MR) is 152 cm³/mol. The van der Waals surface area contributed by atoms with Gasteiger partial charge in [0.1, 0.15) is 6.61 Å². The average molecular weight is 672 g/mol. The minimum absolute atomic E-state index is 0.193. The Labute approximate surface area is 240 Å². The average Bonchev–Trinajstić information content (AvgIpc) is 3.09. The van der Waals surface area contributed by atoms with Crippen LogP contribution < -0.4 is 9.47 Å². The van der Waals surface area contributed by atoms with Crippen molar-refractivity contribution in [2.24, 2.45) is 0 Å². The van der Waals surface area contributed by atoms with Crippen LogP contribution in [0.2, 0.25) is 10.0 Å². The van der Waals surface area contributed by atoms with Crippen molar-refractivity contribution >= 4 is 84.0 Å². The first kappa shape index (κ1) is 27.1. The Hall–Kier alpha value is -1.97. The van der Waals surface area contributed by atoms with Gasteiger partial charge in [0.15, 0.2) is 11.5 Å². The summed E-state index contributed by atoms with van der Waals surface area (Å²) in [4.78, 5) is 27.2. The van der Waals surface area contributed by atoms with E-state index in [9.17, 15) is 9.59 Å². The molecule has 0 N–H and O–H groups in total. The molecule has 1 heterocycles. The van der Waals surface area contributed by atoms with Gasteiger partial charge in [-0.25, -0.2) is 0 Å². The molecule has 0 spiro atoms. The fraction of sp³-hybridized carbons (Fsp3) is 0.154. The third-order valence-electron chi connectivity index (χ3n) is 5.16. The zero-order valence-electron chi connectivity index (χ0n) is 18.9. The second kappa shape index (κ2) is 12.0. The number of benzene rings is 3. The molecule has 0 aromatic heterocycles. The highest BCUT2D eigenvalue weighted by Gasteiger charge is 2.35. The third kappa shape index (κ3) is 6.29. The number of imide groups is 1. The number of ether oxygens (including phenoxy) is 2. The minimum atomic E-state index is -0.338. The molecular weight excluding hydrogens is 653 g/mol. The smallest absolute Gasteiger partial charge is 0.293 e. The molecule has 1 fully saturated rings. The summed E-state index contributed by atoms with van der Waals surface area (Å²) >= 11 is 20.0. The number of hydrogen-bond acceptors (Lipinski definition) is 5. The number of thioether (sulfide) groups is 1. The molecule has 1 aliphatic rings. The first-order chi connectivity index (χ1) is 17.3. The molecular formula is C26H19Br2Cl2NO4S.